The van der Waals surface area contributed by atoms with E-state index in [2.05, 4.69) is 11.2 Å². The maximum atomic E-state index is 5.99. The summed E-state index contributed by atoms with van der Waals surface area (Å²) in [7, 11) is 0. The first-order valence-electron chi connectivity index (χ1n) is 6.89. The van der Waals surface area contributed by atoms with Crippen LogP contribution in [-0.4, -0.2) is 11.8 Å². The quantitative estimate of drug-likeness (QED) is 0.779. The van der Waals surface area contributed by atoms with Gasteiger partial charge in [0.15, 0.2) is 11.6 Å². The van der Waals surface area contributed by atoms with Crippen molar-refractivity contribution in [1.29, 1.82) is 0 Å². The Bertz CT molecular complexity index is 794. The van der Waals surface area contributed by atoms with Gasteiger partial charge in [-0.1, -0.05) is 35.5 Å². The number of nitrogens with zero attached hydrogens (tertiary/aromatic N) is 1. The topological polar surface area (TPSA) is 61.3 Å². The highest BCUT2D eigenvalue weighted by Crippen LogP contribution is 2.38. The molecule has 0 bridgehead atoms. The normalized spacial score (nSPS) is 13.0. The van der Waals surface area contributed by atoms with E-state index in [4.69, 9.17) is 15.0 Å². The minimum Gasteiger partial charge on any atom is -0.493 e. The summed E-state index contributed by atoms with van der Waals surface area (Å²) in [5, 5.41) is 3.93. The number of nitrogen functional groups attached to an aromatic ring is 1. The van der Waals surface area contributed by atoms with Gasteiger partial charge >= 0.3 is 0 Å². The molecule has 1 aromatic heterocycles. The number of hydrogen-bond acceptors (Lipinski definition) is 4. The van der Waals surface area contributed by atoms with Crippen LogP contribution in [0.3, 0.4) is 0 Å². The van der Waals surface area contributed by atoms with E-state index in [9.17, 15) is 0 Å². The maximum Gasteiger partial charge on any atom is 0.176 e. The van der Waals surface area contributed by atoms with Crippen LogP contribution in [0.15, 0.2) is 53.1 Å². The third kappa shape index (κ3) is 1.96. The van der Waals surface area contributed by atoms with Crippen LogP contribution in [0.5, 0.6) is 5.75 Å². The molecular weight excluding hydrogens is 264 g/mol. The third-order valence-electron chi connectivity index (χ3n) is 3.73. The van der Waals surface area contributed by atoms with Gasteiger partial charge in [-0.15, -0.1) is 0 Å². The van der Waals surface area contributed by atoms with E-state index in [0.29, 0.717) is 11.6 Å². The number of rotatable bonds is 2. The molecule has 0 amide bonds. The molecule has 0 saturated heterocycles. The van der Waals surface area contributed by atoms with Crippen molar-refractivity contribution in [2.24, 2.45) is 0 Å². The first-order chi connectivity index (χ1) is 10.3. The fraction of sp³-hybridized carbons (Fsp3) is 0.118. The van der Waals surface area contributed by atoms with E-state index in [1.807, 2.05) is 42.5 Å². The first-order valence-corrected chi connectivity index (χ1v) is 6.89. The molecule has 0 aliphatic carbocycles. The van der Waals surface area contributed by atoms with Crippen molar-refractivity contribution in [1.82, 2.24) is 5.16 Å². The lowest BCUT2D eigenvalue weighted by molar-refractivity contribution is 0.357. The molecule has 0 saturated carbocycles. The number of benzene rings is 2. The number of anilines is 1. The van der Waals surface area contributed by atoms with E-state index in [-0.39, 0.29) is 0 Å². The third-order valence-corrected chi connectivity index (χ3v) is 3.73. The van der Waals surface area contributed by atoms with Crippen LogP contribution in [0, 0.1) is 0 Å². The summed E-state index contributed by atoms with van der Waals surface area (Å²) in [5.74, 6) is 2.06. The molecule has 1 aliphatic heterocycles. The molecule has 0 fully saturated rings. The Morgan fingerprint density at radius 3 is 2.71 bits per heavy atom. The van der Waals surface area contributed by atoms with E-state index in [0.717, 1.165) is 35.5 Å². The van der Waals surface area contributed by atoms with Crippen LogP contribution in [0.1, 0.15) is 5.56 Å². The largest absolute Gasteiger partial charge is 0.493 e. The fourth-order valence-electron chi connectivity index (χ4n) is 2.71. The van der Waals surface area contributed by atoms with Gasteiger partial charge in [0.25, 0.3) is 0 Å². The van der Waals surface area contributed by atoms with E-state index in [1.165, 1.54) is 5.56 Å². The van der Waals surface area contributed by atoms with Crippen LogP contribution in [0.25, 0.3) is 22.5 Å². The standard InChI is InChI=1S/C17H14N2O2/c18-17-15(11-4-2-1-3-5-11)16(21-19-17)13-6-7-14-12(10-13)8-9-20-14/h1-7,10H,8-9H2,(H2,18,19). The van der Waals surface area contributed by atoms with Gasteiger partial charge in [-0.25, -0.2) is 0 Å². The summed E-state index contributed by atoms with van der Waals surface area (Å²) >= 11 is 0. The van der Waals surface area contributed by atoms with Gasteiger partial charge in [0, 0.05) is 12.0 Å². The van der Waals surface area contributed by atoms with E-state index < -0.39 is 0 Å². The highest BCUT2D eigenvalue weighted by Gasteiger charge is 2.20. The smallest absolute Gasteiger partial charge is 0.176 e. The van der Waals surface area contributed by atoms with E-state index >= 15 is 0 Å². The molecule has 4 heteroatoms. The second kappa shape index (κ2) is 4.66. The van der Waals surface area contributed by atoms with Gasteiger partial charge < -0.3 is 15.0 Å². The molecule has 0 spiro atoms. The molecule has 0 atom stereocenters. The highest BCUT2D eigenvalue weighted by molar-refractivity contribution is 5.86. The predicted molar refractivity (Wildman–Crippen MR) is 81.0 cm³/mol. The maximum absolute atomic E-state index is 5.99. The van der Waals surface area contributed by atoms with Crippen molar-refractivity contribution in [2.75, 3.05) is 12.3 Å². The molecule has 0 unspecified atom stereocenters. The summed E-state index contributed by atoms with van der Waals surface area (Å²) in [4.78, 5) is 0. The second-order valence-corrected chi connectivity index (χ2v) is 5.06. The molecule has 2 N–H and O–H groups in total. The Labute approximate surface area is 122 Å². The highest BCUT2D eigenvalue weighted by atomic mass is 16.5. The molecule has 2 heterocycles. The molecule has 4 nitrogen and oxygen atoms in total. The van der Waals surface area contributed by atoms with Crippen LogP contribution in [0.2, 0.25) is 0 Å². The molecule has 1 aliphatic rings. The summed E-state index contributed by atoms with van der Waals surface area (Å²) in [6, 6.07) is 16.0. The predicted octanol–water partition coefficient (Wildman–Crippen LogP) is 3.53. The first kappa shape index (κ1) is 12.0. The lowest BCUT2D eigenvalue weighted by Gasteiger charge is -2.04. The molecular formula is C17H14N2O2. The van der Waals surface area contributed by atoms with Crippen LogP contribution in [0.4, 0.5) is 5.82 Å². The summed E-state index contributed by atoms with van der Waals surface area (Å²) < 4.78 is 11.0. The van der Waals surface area contributed by atoms with Crippen molar-refractivity contribution in [2.45, 2.75) is 6.42 Å². The zero-order valence-corrected chi connectivity index (χ0v) is 11.4. The fourth-order valence-corrected chi connectivity index (χ4v) is 2.71. The Morgan fingerprint density at radius 1 is 1.00 bits per heavy atom. The van der Waals surface area contributed by atoms with Crippen LogP contribution >= 0.6 is 0 Å². The number of aromatic nitrogens is 1. The Kier molecular flexibility index (Phi) is 2.67. The SMILES string of the molecule is Nc1noc(-c2ccc3c(c2)CCO3)c1-c1ccccc1. The molecule has 0 radical (unpaired) electrons. The summed E-state index contributed by atoms with van der Waals surface area (Å²) in [6.45, 7) is 0.739. The molecule has 3 aromatic rings. The monoisotopic (exact) mass is 278 g/mol. The molecule has 21 heavy (non-hydrogen) atoms. The van der Waals surface area contributed by atoms with Crippen LogP contribution < -0.4 is 10.5 Å². The van der Waals surface area contributed by atoms with Crippen molar-refractivity contribution in [3.63, 3.8) is 0 Å². The summed E-state index contributed by atoms with van der Waals surface area (Å²) in [5.41, 5.74) is 10.0. The average Bonchev–Trinajstić information content (AvgIpc) is 3.13. The van der Waals surface area contributed by atoms with Crippen molar-refractivity contribution >= 4 is 5.82 Å². The Hall–Kier alpha value is -2.75. The molecule has 2 aromatic carbocycles. The van der Waals surface area contributed by atoms with Crippen molar-refractivity contribution in [3.8, 4) is 28.2 Å². The number of fused-ring (bicyclic) bond motifs is 1. The zero-order valence-electron chi connectivity index (χ0n) is 11.4. The number of hydrogen-bond donors (Lipinski definition) is 1. The lowest BCUT2D eigenvalue weighted by Crippen LogP contribution is -1.89. The van der Waals surface area contributed by atoms with Gasteiger partial charge in [-0.05, 0) is 29.3 Å². The van der Waals surface area contributed by atoms with Crippen molar-refractivity contribution in [3.05, 3.63) is 54.1 Å². The van der Waals surface area contributed by atoms with Gasteiger partial charge in [0.05, 0.1) is 12.2 Å². The molecule has 4 rings (SSSR count). The Morgan fingerprint density at radius 2 is 1.86 bits per heavy atom. The zero-order chi connectivity index (χ0) is 14.2. The minimum atomic E-state index is 0.410. The summed E-state index contributed by atoms with van der Waals surface area (Å²) in [6.07, 6.45) is 0.924. The second-order valence-electron chi connectivity index (χ2n) is 5.06. The van der Waals surface area contributed by atoms with Gasteiger partial charge in [-0.3, -0.25) is 0 Å². The van der Waals surface area contributed by atoms with Crippen molar-refractivity contribution < 1.29 is 9.26 Å². The lowest BCUT2D eigenvalue weighted by atomic mass is 10.00. The van der Waals surface area contributed by atoms with Crippen LogP contribution in [-0.2, 0) is 6.42 Å². The average molecular weight is 278 g/mol. The van der Waals surface area contributed by atoms with Gasteiger partial charge in [0.1, 0.15) is 5.75 Å². The molecule has 104 valence electrons. The van der Waals surface area contributed by atoms with Gasteiger partial charge in [-0.2, -0.15) is 0 Å². The number of ether oxygens (including phenoxy) is 1. The van der Waals surface area contributed by atoms with Gasteiger partial charge in [0.2, 0.25) is 0 Å². The number of nitrogens with two attached hydrogens (primary N) is 1. The van der Waals surface area contributed by atoms with E-state index in [1.54, 1.807) is 0 Å². The minimum absolute atomic E-state index is 0.410. The Balaban J connectivity index is 1.87.